The maximum absolute atomic E-state index is 11.4. The van der Waals surface area contributed by atoms with Gasteiger partial charge in [0, 0.05) is 36.8 Å². The van der Waals surface area contributed by atoms with Crippen molar-refractivity contribution in [3.63, 3.8) is 0 Å². The molecule has 18 heavy (non-hydrogen) atoms. The summed E-state index contributed by atoms with van der Waals surface area (Å²) in [6.45, 7) is 7.51. The molecule has 0 aliphatic heterocycles. The molecule has 0 fully saturated rings. The van der Waals surface area contributed by atoms with Crippen LogP contribution in [0.5, 0.6) is 0 Å². The lowest BCUT2D eigenvalue weighted by Crippen LogP contribution is -2.23. The minimum absolute atomic E-state index is 0.237. The second-order valence-corrected chi connectivity index (χ2v) is 7.29. The highest BCUT2D eigenvalue weighted by Gasteiger charge is 2.07. The van der Waals surface area contributed by atoms with E-state index in [0.717, 1.165) is 13.1 Å². The minimum Gasteiger partial charge on any atom is -0.350 e. The first-order valence-electron chi connectivity index (χ1n) is 6.52. The molecule has 0 aromatic carbocycles. The molecule has 1 rings (SSSR count). The van der Waals surface area contributed by atoms with E-state index in [4.69, 9.17) is 0 Å². The zero-order chi connectivity index (χ0) is 13.6. The molecule has 0 radical (unpaired) electrons. The zero-order valence-electron chi connectivity index (χ0n) is 11.5. The number of hydrogen-bond acceptors (Lipinski definition) is 3. The van der Waals surface area contributed by atoms with E-state index in [1.165, 1.54) is 5.69 Å². The first kappa shape index (κ1) is 15.2. The van der Waals surface area contributed by atoms with Crippen molar-refractivity contribution in [3.05, 3.63) is 24.0 Å². The fraction of sp³-hybridized carbons (Fsp3) is 0.692. The molecule has 0 unspecified atom stereocenters. The maximum atomic E-state index is 11.4. The Bertz CT molecular complexity index is 449. The first-order chi connectivity index (χ1) is 8.44. The van der Waals surface area contributed by atoms with E-state index in [2.05, 4.69) is 29.8 Å². The third-order valence-electron chi connectivity index (χ3n) is 2.91. The predicted octanol–water partition coefficient (Wildman–Crippen LogP) is 1.81. The van der Waals surface area contributed by atoms with Crippen LogP contribution >= 0.6 is 0 Å². The Kier molecular flexibility index (Phi) is 5.88. The van der Waals surface area contributed by atoms with Crippen molar-refractivity contribution >= 4 is 9.84 Å². The molecule has 5 heteroatoms. The number of nitrogens with one attached hydrogen (secondary N) is 1. The maximum Gasteiger partial charge on any atom is 0.150 e. The van der Waals surface area contributed by atoms with Crippen molar-refractivity contribution in [2.45, 2.75) is 46.3 Å². The van der Waals surface area contributed by atoms with Crippen molar-refractivity contribution < 1.29 is 8.42 Å². The van der Waals surface area contributed by atoms with E-state index in [1.54, 1.807) is 6.92 Å². The summed E-state index contributed by atoms with van der Waals surface area (Å²) in [6, 6.07) is 4.53. The van der Waals surface area contributed by atoms with Gasteiger partial charge in [-0.15, -0.1) is 0 Å². The Balaban J connectivity index is 2.45. The van der Waals surface area contributed by atoms with Gasteiger partial charge in [0.1, 0.15) is 9.84 Å². The van der Waals surface area contributed by atoms with Crippen LogP contribution in [0.3, 0.4) is 0 Å². The molecular formula is C13H24N2O2S. The minimum atomic E-state index is -2.84. The van der Waals surface area contributed by atoms with Crippen LogP contribution in [0.2, 0.25) is 0 Å². The predicted molar refractivity (Wildman–Crippen MR) is 75.4 cm³/mol. The Labute approximate surface area is 110 Å². The van der Waals surface area contributed by atoms with E-state index < -0.39 is 9.84 Å². The number of aryl methyl sites for hydroxylation is 1. The summed E-state index contributed by atoms with van der Waals surface area (Å²) in [5.74, 6) is 0.513. The number of hydrogen-bond donors (Lipinski definition) is 1. The van der Waals surface area contributed by atoms with Gasteiger partial charge < -0.3 is 9.88 Å². The number of sulfone groups is 1. The Morgan fingerprint density at radius 2 is 2.11 bits per heavy atom. The van der Waals surface area contributed by atoms with Crippen molar-refractivity contribution in [3.8, 4) is 0 Å². The number of nitrogens with zero attached hydrogens (tertiary/aromatic N) is 1. The summed E-state index contributed by atoms with van der Waals surface area (Å²) >= 11 is 0. The standard InChI is InChI=1S/C13H24N2O2S/c1-4-18(16,17)10-6-9-15-8-5-7-13(15)11-14-12(2)3/h5,7-8,12,14H,4,6,9-11H2,1-3H3. The van der Waals surface area contributed by atoms with Gasteiger partial charge in [-0.1, -0.05) is 20.8 Å². The normalized spacial score (nSPS) is 12.2. The molecule has 1 N–H and O–H groups in total. The lowest BCUT2D eigenvalue weighted by molar-refractivity contribution is 0.549. The number of aromatic nitrogens is 1. The third kappa shape index (κ3) is 5.23. The van der Waals surface area contributed by atoms with E-state index in [-0.39, 0.29) is 11.5 Å². The van der Waals surface area contributed by atoms with Gasteiger partial charge in [0.15, 0.2) is 0 Å². The van der Waals surface area contributed by atoms with Crippen LogP contribution in [0.25, 0.3) is 0 Å². The van der Waals surface area contributed by atoms with Gasteiger partial charge in [0.05, 0.1) is 5.75 Å². The monoisotopic (exact) mass is 272 g/mol. The van der Waals surface area contributed by atoms with Gasteiger partial charge in [-0.05, 0) is 18.6 Å². The molecule has 4 nitrogen and oxygen atoms in total. The van der Waals surface area contributed by atoms with Gasteiger partial charge in [-0.2, -0.15) is 0 Å². The van der Waals surface area contributed by atoms with Crippen LogP contribution in [-0.4, -0.2) is 30.5 Å². The van der Waals surface area contributed by atoms with Crippen LogP contribution < -0.4 is 5.32 Å². The lowest BCUT2D eigenvalue weighted by Gasteiger charge is -2.12. The molecule has 1 aromatic rings. The smallest absolute Gasteiger partial charge is 0.150 e. The number of rotatable bonds is 8. The largest absolute Gasteiger partial charge is 0.350 e. The van der Waals surface area contributed by atoms with Gasteiger partial charge in [-0.25, -0.2) is 8.42 Å². The molecule has 1 heterocycles. The van der Waals surface area contributed by atoms with Gasteiger partial charge in [0.2, 0.25) is 0 Å². The van der Waals surface area contributed by atoms with Crippen LogP contribution in [0.4, 0.5) is 0 Å². The van der Waals surface area contributed by atoms with Crippen LogP contribution in [-0.2, 0) is 22.9 Å². The van der Waals surface area contributed by atoms with Crippen molar-refractivity contribution in [2.24, 2.45) is 0 Å². The summed E-state index contributed by atoms with van der Waals surface area (Å²) in [6.07, 6.45) is 2.69. The van der Waals surface area contributed by atoms with Crippen molar-refractivity contribution in [1.29, 1.82) is 0 Å². The second-order valence-electron chi connectivity index (χ2n) is 4.82. The van der Waals surface area contributed by atoms with E-state index in [9.17, 15) is 8.42 Å². The molecule has 0 aliphatic rings. The quantitative estimate of drug-likeness (QED) is 0.785. The highest BCUT2D eigenvalue weighted by atomic mass is 32.2. The summed E-state index contributed by atoms with van der Waals surface area (Å²) < 4.78 is 24.9. The fourth-order valence-corrected chi connectivity index (χ4v) is 2.59. The van der Waals surface area contributed by atoms with Gasteiger partial charge >= 0.3 is 0 Å². The molecule has 1 aromatic heterocycles. The van der Waals surface area contributed by atoms with Crippen LogP contribution in [0.1, 0.15) is 32.9 Å². The average Bonchev–Trinajstić information content (AvgIpc) is 2.74. The molecular weight excluding hydrogens is 248 g/mol. The summed E-state index contributed by atoms with van der Waals surface area (Å²) in [7, 11) is -2.84. The van der Waals surface area contributed by atoms with Gasteiger partial charge in [0.25, 0.3) is 0 Å². The van der Waals surface area contributed by atoms with Crippen molar-refractivity contribution in [2.75, 3.05) is 11.5 Å². The van der Waals surface area contributed by atoms with Gasteiger partial charge in [-0.3, -0.25) is 0 Å². The van der Waals surface area contributed by atoms with E-state index in [0.29, 0.717) is 12.5 Å². The molecule has 0 saturated carbocycles. The van der Waals surface area contributed by atoms with Crippen LogP contribution in [0, 0.1) is 0 Å². The average molecular weight is 272 g/mol. The zero-order valence-corrected chi connectivity index (χ0v) is 12.3. The molecule has 0 bridgehead atoms. The molecule has 104 valence electrons. The molecule has 0 saturated heterocycles. The highest BCUT2D eigenvalue weighted by molar-refractivity contribution is 7.91. The van der Waals surface area contributed by atoms with E-state index in [1.807, 2.05) is 12.3 Å². The molecule has 0 spiro atoms. The van der Waals surface area contributed by atoms with Crippen LogP contribution in [0.15, 0.2) is 18.3 Å². The Morgan fingerprint density at radius 1 is 1.39 bits per heavy atom. The van der Waals surface area contributed by atoms with E-state index >= 15 is 0 Å². The first-order valence-corrected chi connectivity index (χ1v) is 8.34. The summed E-state index contributed by atoms with van der Waals surface area (Å²) in [4.78, 5) is 0. The summed E-state index contributed by atoms with van der Waals surface area (Å²) in [5.41, 5.74) is 1.21. The Hall–Kier alpha value is -0.810. The molecule has 0 amide bonds. The Morgan fingerprint density at radius 3 is 2.72 bits per heavy atom. The summed E-state index contributed by atoms with van der Waals surface area (Å²) in [5, 5.41) is 3.37. The molecule has 0 aliphatic carbocycles. The topological polar surface area (TPSA) is 51.1 Å². The molecule has 0 atom stereocenters. The fourth-order valence-electron chi connectivity index (χ4n) is 1.74. The second kappa shape index (κ2) is 6.95. The lowest BCUT2D eigenvalue weighted by atomic mass is 10.3. The SMILES string of the molecule is CCS(=O)(=O)CCCn1cccc1CNC(C)C. The highest BCUT2D eigenvalue weighted by Crippen LogP contribution is 2.05. The van der Waals surface area contributed by atoms with Crippen molar-refractivity contribution in [1.82, 2.24) is 9.88 Å². The third-order valence-corrected chi connectivity index (χ3v) is 4.70.